The molecule has 1 fully saturated rings. The fourth-order valence-corrected chi connectivity index (χ4v) is 5.10. The van der Waals surface area contributed by atoms with Crippen molar-refractivity contribution in [2.75, 3.05) is 24.6 Å². The highest BCUT2D eigenvalue weighted by atomic mass is 32.2. The van der Waals surface area contributed by atoms with Gasteiger partial charge in [-0.05, 0) is 5.56 Å². The Bertz CT molecular complexity index is 657. The topological polar surface area (TPSA) is 112 Å². The van der Waals surface area contributed by atoms with Crippen LogP contribution in [-0.4, -0.2) is 55.4 Å². The third-order valence-electron chi connectivity index (χ3n) is 3.34. The highest BCUT2D eigenvalue weighted by Crippen LogP contribution is 2.34. The van der Waals surface area contributed by atoms with Crippen molar-refractivity contribution in [3.8, 4) is 0 Å². The average molecular weight is 335 g/mol. The fraction of sp³-hybridized carbons (Fsp3) is 0.500. The first-order valence-electron chi connectivity index (χ1n) is 6.24. The molecule has 1 aliphatic rings. The van der Waals surface area contributed by atoms with Crippen molar-refractivity contribution in [2.45, 2.75) is 6.54 Å². The minimum absolute atomic E-state index is 0.182. The van der Waals surface area contributed by atoms with Gasteiger partial charge in [-0.25, -0.2) is 0 Å². The number of hydrogen-bond acceptors (Lipinski definition) is 5. The summed E-state index contributed by atoms with van der Waals surface area (Å²) in [4.78, 5) is 1.87. The number of nitrogens with zero attached hydrogens (tertiary/aromatic N) is 1. The van der Waals surface area contributed by atoms with Crippen LogP contribution in [-0.2, 0) is 26.8 Å². The summed E-state index contributed by atoms with van der Waals surface area (Å²) in [6, 6.07) is 9.44. The third kappa shape index (κ3) is 5.04. The summed E-state index contributed by atoms with van der Waals surface area (Å²) in [6.07, 6.45) is 0. The van der Waals surface area contributed by atoms with E-state index in [9.17, 15) is 16.8 Å². The summed E-state index contributed by atoms with van der Waals surface area (Å²) in [6.45, 7) is 0.919. The smallest absolute Gasteiger partial charge is 0.265 e. The van der Waals surface area contributed by atoms with Crippen molar-refractivity contribution >= 4 is 20.2 Å². The molecule has 0 saturated carbocycles. The van der Waals surface area contributed by atoms with Gasteiger partial charge in [-0.15, -0.1) is 0 Å². The van der Waals surface area contributed by atoms with E-state index in [-0.39, 0.29) is 13.1 Å². The van der Waals surface area contributed by atoms with Gasteiger partial charge >= 0.3 is 0 Å². The molecule has 2 rings (SSSR count). The van der Waals surface area contributed by atoms with Gasteiger partial charge in [-0.3, -0.25) is 14.0 Å². The maximum absolute atomic E-state index is 11.1. The van der Waals surface area contributed by atoms with Crippen LogP contribution in [0.1, 0.15) is 5.56 Å². The molecule has 0 radical (unpaired) electrons. The van der Waals surface area contributed by atoms with Crippen LogP contribution in [0, 0.1) is 5.41 Å². The van der Waals surface area contributed by atoms with E-state index in [0.29, 0.717) is 6.54 Å². The zero-order chi connectivity index (χ0) is 15.7. The Morgan fingerprint density at radius 3 is 1.86 bits per heavy atom. The highest BCUT2D eigenvalue weighted by Gasteiger charge is 2.48. The second-order valence-corrected chi connectivity index (χ2v) is 8.49. The lowest BCUT2D eigenvalue weighted by molar-refractivity contribution is 0.0273. The molecule has 7 nitrogen and oxygen atoms in total. The molecule has 1 saturated heterocycles. The van der Waals surface area contributed by atoms with Crippen molar-refractivity contribution in [2.24, 2.45) is 5.41 Å². The standard InChI is InChI=1S/C12H17NO6S2/c14-20(15,16)9-12(10-21(17,18)19)7-13(8-12)6-11-4-2-1-3-5-11/h1-5H,6-10H2,(H,14,15,16)(H,17,18,19). The van der Waals surface area contributed by atoms with Crippen molar-refractivity contribution in [3.05, 3.63) is 35.9 Å². The van der Waals surface area contributed by atoms with E-state index in [1.165, 1.54) is 0 Å². The Morgan fingerprint density at radius 2 is 1.43 bits per heavy atom. The van der Waals surface area contributed by atoms with Gasteiger partial charge in [0.1, 0.15) is 0 Å². The molecule has 21 heavy (non-hydrogen) atoms. The van der Waals surface area contributed by atoms with Crippen LogP contribution >= 0.6 is 0 Å². The number of likely N-dealkylation sites (tertiary alicyclic amines) is 1. The van der Waals surface area contributed by atoms with Gasteiger partial charge in [0, 0.05) is 25.0 Å². The van der Waals surface area contributed by atoms with Gasteiger partial charge in [0.05, 0.1) is 11.5 Å². The SMILES string of the molecule is O=S(=O)(O)CC1(CS(=O)(=O)O)CN(Cc2ccccc2)C1. The summed E-state index contributed by atoms with van der Waals surface area (Å²) in [5.74, 6) is -1.35. The largest absolute Gasteiger partial charge is 0.298 e. The van der Waals surface area contributed by atoms with Crippen LogP contribution in [0.15, 0.2) is 30.3 Å². The predicted molar refractivity (Wildman–Crippen MR) is 77.0 cm³/mol. The maximum atomic E-state index is 11.1. The Labute approximate surface area is 124 Å². The first kappa shape index (κ1) is 16.4. The minimum atomic E-state index is -4.31. The summed E-state index contributed by atoms with van der Waals surface area (Å²) in [5.41, 5.74) is -0.138. The van der Waals surface area contributed by atoms with Crippen molar-refractivity contribution < 1.29 is 25.9 Å². The van der Waals surface area contributed by atoms with Crippen molar-refractivity contribution in [3.63, 3.8) is 0 Å². The zero-order valence-electron chi connectivity index (χ0n) is 11.2. The molecular formula is C12H17NO6S2. The molecule has 0 spiro atoms. The molecule has 0 amide bonds. The van der Waals surface area contributed by atoms with E-state index in [4.69, 9.17) is 9.11 Å². The molecule has 1 aliphatic heterocycles. The van der Waals surface area contributed by atoms with E-state index in [2.05, 4.69) is 0 Å². The van der Waals surface area contributed by atoms with E-state index in [1.54, 1.807) is 0 Å². The first-order chi connectivity index (χ1) is 9.57. The van der Waals surface area contributed by atoms with E-state index in [0.717, 1.165) is 5.56 Å². The van der Waals surface area contributed by atoms with Crippen LogP contribution in [0.25, 0.3) is 0 Å². The molecule has 1 aromatic carbocycles. The fourth-order valence-electron chi connectivity index (χ4n) is 2.85. The second kappa shape index (κ2) is 5.65. The van der Waals surface area contributed by atoms with E-state index < -0.39 is 37.2 Å². The first-order valence-corrected chi connectivity index (χ1v) is 9.45. The molecule has 0 atom stereocenters. The van der Waals surface area contributed by atoms with Gasteiger partial charge in [-0.2, -0.15) is 16.8 Å². The predicted octanol–water partition coefficient (Wildman–Crippen LogP) is 0.264. The summed E-state index contributed by atoms with van der Waals surface area (Å²) in [7, 11) is -8.63. The normalized spacial score (nSPS) is 19.1. The quantitative estimate of drug-likeness (QED) is 0.717. The number of hydrogen-bond donors (Lipinski definition) is 2. The Hall–Kier alpha value is -1.00. The summed E-state index contributed by atoms with van der Waals surface area (Å²) in [5, 5.41) is 0. The minimum Gasteiger partial charge on any atom is -0.298 e. The van der Waals surface area contributed by atoms with E-state index >= 15 is 0 Å². The third-order valence-corrected chi connectivity index (χ3v) is 5.30. The monoisotopic (exact) mass is 335 g/mol. The van der Waals surface area contributed by atoms with Crippen molar-refractivity contribution in [1.82, 2.24) is 4.90 Å². The van der Waals surface area contributed by atoms with Crippen LogP contribution in [0.5, 0.6) is 0 Å². The van der Waals surface area contributed by atoms with Gasteiger partial charge in [0.15, 0.2) is 0 Å². The Kier molecular flexibility index (Phi) is 4.41. The molecule has 9 heteroatoms. The second-order valence-electron chi connectivity index (χ2n) is 5.58. The van der Waals surface area contributed by atoms with Crippen LogP contribution < -0.4 is 0 Å². The molecule has 1 aromatic rings. The molecule has 0 aliphatic carbocycles. The van der Waals surface area contributed by atoms with Gasteiger partial charge in [0.2, 0.25) is 0 Å². The molecular weight excluding hydrogens is 318 g/mol. The molecule has 118 valence electrons. The lowest BCUT2D eigenvalue weighted by atomic mass is 9.83. The molecule has 0 bridgehead atoms. The summed E-state index contributed by atoms with van der Waals surface area (Å²) < 4.78 is 62.1. The molecule has 0 aromatic heterocycles. The van der Waals surface area contributed by atoms with Crippen LogP contribution in [0.2, 0.25) is 0 Å². The van der Waals surface area contributed by atoms with Gasteiger partial charge in [-0.1, -0.05) is 30.3 Å². The Balaban J connectivity index is 2.05. The lowest BCUT2D eigenvalue weighted by Gasteiger charge is -2.49. The maximum Gasteiger partial charge on any atom is 0.265 e. The molecule has 2 N–H and O–H groups in total. The average Bonchev–Trinajstić information content (AvgIpc) is 2.23. The van der Waals surface area contributed by atoms with Crippen LogP contribution in [0.4, 0.5) is 0 Å². The van der Waals surface area contributed by atoms with Gasteiger partial charge < -0.3 is 0 Å². The number of benzene rings is 1. The Morgan fingerprint density at radius 1 is 0.952 bits per heavy atom. The molecule has 1 heterocycles. The summed E-state index contributed by atoms with van der Waals surface area (Å²) >= 11 is 0. The van der Waals surface area contributed by atoms with Crippen LogP contribution in [0.3, 0.4) is 0 Å². The highest BCUT2D eigenvalue weighted by molar-refractivity contribution is 7.86. The lowest BCUT2D eigenvalue weighted by Crippen LogP contribution is -2.61. The number of rotatable bonds is 6. The zero-order valence-corrected chi connectivity index (χ0v) is 12.8. The molecule has 0 unspecified atom stereocenters. The van der Waals surface area contributed by atoms with Gasteiger partial charge in [0.25, 0.3) is 20.2 Å². The van der Waals surface area contributed by atoms with Crippen molar-refractivity contribution in [1.29, 1.82) is 0 Å². The van der Waals surface area contributed by atoms with E-state index in [1.807, 2.05) is 35.2 Å².